The van der Waals surface area contributed by atoms with E-state index < -0.39 is 0 Å². The molecule has 1 aromatic heterocycles. The fourth-order valence-electron chi connectivity index (χ4n) is 2.90. The molecule has 1 amide bonds. The number of carbonyl (C=O) groups is 1. The highest BCUT2D eigenvalue weighted by Gasteiger charge is 2.33. The number of rotatable bonds is 7. The van der Waals surface area contributed by atoms with Gasteiger partial charge in [-0.2, -0.15) is 0 Å². The minimum atomic E-state index is -0.294. The highest BCUT2D eigenvalue weighted by Crippen LogP contribution is 2.36. The fraction of sp³-hybridized carbons (Fsp3) is 0.524. The Morgan fingerprint density at radius 1 is 1.33 bits per heavy atom. The number of amides is 1. The van der Waals surface area contributed by atoms with E-state index in [2.05, 4.69) is 36.4 Å². The molecule has 1 heterocycles. The summed E-state index contributed by atoms with van der Waals surface area (Å²) in [6, 6.07) is 7.87. The number of ether oxygens (including phenoxy) is 1. The molecule has 1 atom stereocenters. The highest BCUT2D eigenvalue weighted by molar-refractivity contribution is 7.13. The zero-order valence-electron chi connectivity index (χ0n) is 16.8. The molecule has 3 rings (SSSR count). The smallest absolute Gasteiger partial charge is 0.243 e. The lowest BCUT2D eigenvalue weighted by atomic mass is 9.93. The lowest BCUT2D eigenvalue weighted by Gasteiger charge is -2.30. The molecule has 0 spiro atoms. The Morgan fingerprint density at radius 3 is 2.48 bits per heavy atom. The third-order valence-corrected chi connectivity index (χ3v) is 5.58. The van der Waals surface area contributed by atoms with Crippen molar-refractivity contribution < 1.29 is 9.53 Å². The predicted octanol–water partition coefficient (Wildman–Crippen LogP) is 4.64. The monoisotopic (exact) mass is 387 g/mol. The van der Waals surface area contributed by atoms with Crippen LogP contribution < -0.4 is 15.0 Å². The summed E-state index contributed by atoms with van der Waals surface area (Å²) in [6.45, 7) is 8.51. The predicted molar refractivity (Wildman–Crippen MR) is 111 cm³/mol. The molecular formula is C21H29N3O2S. The van der Waals surface area contributed by atoms with Crippen molar-refractivity contribution in [1.82, 2.24) is 10.3 Å². The Balaban J connectivity index is 1.98. The third kappa shape index (κ3) is 4.61. The highest BCUT2D eigenvalue weighted by atomic mass is 32.1. The third-order valence-electron chi connectivity index (χ3n) is 4.74. The zero-order valence-corrected chi connectivity index (χ0v) is 17.6. The van der Waals surface area contributed by atoms with E-state index in [4.69, 9.17) is 9.72 Å². The van der Waals surface area contributed by atoms with Gasteiger partial charge in [-0.15, -0.1) is 11.3 Å². The first-order valence-corrected chi connectivity index (χ1v) is 10.4. The SMILES string of the molecule is CCC(C(=O)NC1CC1)N(c1ccc(OC)cc1)c1nc(C(C)(C)C)cs1. The Hall–Kier alpha value is -2.08. The maximum absolute atomic E-state index is 12.9. The number of methoxy groups -OCH3 is 1. The van der Waals surface area contributed by atoms with Gasteiger partial charge in [0.2, 0.25) is 5.91 Å². The van der Waals surface area contributed by atoms with Crippen LogP contribution in [0.25, 0.3) is 0 Å². The van der Waals surface area contributed by atoms with Gasteiger partial charge in [0, 0.05) is 22.5 Å². The van der Waals surface area contributed by atoms with E-state index in [0.717, 1.165) is 35.1 Å². The largest absolute Gasteiger partial charge is 0.497 e. The molecule has 2 aromatic rings. The van der Waals surface area contributed by atoms with Crippen LogP contribution in [0.2, 0.25) is 0 Å². The van der Waals surface area contributed by atoms with Crippen molar-refractivity contribution in [1.29, 1.82) is 0 Å². The van der Waals surface area contributed by atoms with Crippen LogP contribution >= 0.6 is 11.3 Å². The molecule has 1 aromatic carbocycles. The molecule has 27 heavy (non-hydrogen) atoms. The van der Waals surface area contributed by atoms with E-state index in [1.54, 1.807) is 18.4 Å². The molecule has 0 saturated heterocycles. The number of hydrogen-bond donors (Lipinski definition) is 1. The number of nitrogens with zero attached hydrogens (tertiary/aromatic N) is 2. The van der Waals surface area contributed by atoms with Crippen LogP contribution in [0.1, 0.15) is 52.7 Å². The number of carbonyl (C=O) groups excluding carboxylic acids is 1. The van der Waals surface area contributed by atoms with Crippen LogP contribution in [0, 0.1) is 0 Å². The van der Waals surface area contributed by atoms with E-state index in [1.165, 1.54) is 0 Å². The molecule has 1 unspecified atom stereocenters. The molecule has 0 radical (unpaired) electrons. The van der Waals surface area contributed by atoms with Crippen LogP contribution in [0.5, 0.6) is 5.75 Å². The first kappa shape index (κ1) is 19.7. The van der Waals surface area contributed by atoms with Gasteiger partial charge in [0.15, 0.2) is 5.13 Å². The minimum Gasteiger partial charge on any atom is -0.497 e. The quantitative estimate of drug-likeness (QED) is 0.752. The van der Waals surface area contributed by atoms with Crippen LogP contribution in [0.4, 0.5) is 10.8 Å². The topological polar surface area (TPSA) is 54.5 Å². The second-order valence-corrected chi connectivity index (χ2v) is 8.88. The summed E-state index contributed by atoms with van der Waals surface area (Å²) >= 11 is 1.59. The minimum absolute atomic E-state index is 0.0295. The summed E-state index contributed by atoms with van der Waals surface area (Å²) < 4.78 is 5.29. The first-order chi connectivity index (χ1) is 12.8. The molecule has 1 saturated carbocycles. The summed E-state index contributed by atoms with van der Waals surface area (Å²) in [4.78, 5) is 19.9. The number of aromatic nitrogens is 1. The number of benzene rings is 1. The van der Waals surface area contributed by atoms with Crippen LogP contribution in [0.15, 0.2) is 29.6 Å². The van der Waals surface area contributed by atoms with Gasteiger partial charge in [0.1, 0.15) is 11.8 Å². The number of nitrogens with one attached hydrogen (secondary N) is 1. The Morgan fingerprint density at radius 2 is 2.00 bits per heavy atom. The number of thiazole rings is 1. The second-order valence-electron chi connectivity index (χ2n) is 8.04. The van der Waals surface area contributed by atoms with Crippen molar-refractivity contribution in [2.45, 2.75) is 64.5 Å². The van der Waals surface area contributed by atoms with E-state index in [9.17, 15) is 4.79 Å². The van der Waals surface area contributed by atoms with Gasteiger partial charge >= 0.3 is 0 Å². The number of hydrogen-bond acceptors (Lipinski definition) is 5. The molecule has 1 aliphatic rings. The van der Waals surface area contributed by atoms with Crippen LogP contribution in [0.3, 0.4) is 0 Å². The van der Waals surface area contributed by atoms with Crippen molar-refractivity contribution in [2.75, 3.05) is 12.0 Å². The summed E-state index contributed by atoms with van der Waals surface area (Å²) in [5.41, 5.74) is 1.96. The van der Waals surface area contributed by atoms with Crippen LogP contribution in [-0.4, -0.2) is 30.1 Å². The van der Waals surface area contributed by atoms with Gasteiger partial charge in [-0.3, -0.25) is 4.79 Å². The van der Waals surface area contributed by atoms with Gasteiger partial charge in [-0.05, 0) is 43.5 Å². The van der Waals surface area contributed by atoms with Crippen molar-refractivity contribution in [3.05, 3.63) is 35.3 Å². The Kier molecular flexibility index (Phi) is 5.75. The molecule has 5 nitrogen and oxygen atoms in total. The molecule has 0 bridgehead atoms. The maximum atomic E-state index is 12.9. The Labute approximate surface area is 165 Å². The molecule has 1 fully saturated rings. The van der Waals surface area contributed by atoms with Crippen molar-refractivity contribution >= 4 is 28.1 Å². The molecular weight excluding hydrogens is 358 g/mol. The Bertz CT molecular complexity index is 775. The van der Waals surface area contributed by atoms with E-state index in [0.29, 0.717) is 12.5 Å². The van der Waals surface area contributed by atoms with Gasteiger partial charge in [-0.25, -0.2) is 4.98 Å². The summed E-state index contributed by atoms with van der Waals surface area (Å²) in [5.74, 6) is 0.868. The lowest BCUT2D eigenvalue weighted by Crippen LogP contribution is -2.45. The van der Waals surface area contributed by atoms with Gasteiger partial charge in [0.25, 0.3) is 0 Å². The summed E-state index contributed by atoms with van der Waals surface area (Å²) in [7, 11) is 1.65. The fourth-order valence-corrected chi connectivity index (χ4v) is 4.02. The molecule has 6 heteroatoms. The number of anilines is 2. The van der Waals surface area contributed by atoms with Crippen molar-refractivity contribution in [3.8, 4) is 5.75 Å². The van der Waals surface area contributed by atoms with Gasteiger partial charge < -0.3 is 15.0 Å². The van der Waals surface area contributed by atoms with E-state index >= 15 is 0 Å². The average Bonchev–Trinajstić information content (AvgIpc) is 3.30. The maximum Gasteiger partial charge on any atom is 0.243 e. The van der Waals surface area contributed by atoms with Crippen molar-refractivity contribution in [2.24, 2.45) is 0 Å². The lowest BCUT2D eigenvalue weighted by molar-refractivity contribution is -0.122. The normalized spacial score (nSPS) is 15.3. The average molecular weight is 388 g/mol. The van der Waals surface area contributed by atoms with Crippen molar-refractivity contribution in [3.63, 3.8) is 0 Å². The van der Waals surface area contributed by atoms with E-state index in [-0.39, 0.29) is 17.4 Å². The summed E-state index contributed by atoms with van der Waals surface area (Å²) in [6.07, 6.45) is 2.86. The standard InChI is InChI=1S/C21H29N3O2S/c1-6-17(19(25)22-14-7-8-14)24(15-9-11-16(26-5)12-10-15)20-23-18(13-27-20)21(2,3)4/h9-14,17H,6-8H2,1-5H3,(H,22,25). The van der Waals surface area contributed by atoms with Gasteiger partial charge in [-0.1, -0.05) is 27.7 Å². The molecule has 1 aliphatic carbocycles. The first-order valence-electron chi connectivity index (χ1n) is 9.53. The molecule has 1 N–H and O–H groups in total. The summed E-state index contributed by atoms with van der Waals surface area (Å²) in [5, 5.41) is 6.10. The van der Waals surface area contributed by atoms with E-state index in [1.807, 2.05) is 31.2 Å². The van der Waals surface area contributed by atoms with Gasteiger partial charge in [0.05, 0.1) is 12.8 Å². The van der Waals surface area contributed by atoms with Crippen LogP contribution in [-0.2, 0) is 10.2 Å². The zero-order chi connectivity index (χ0) is 19.6. The molecule has 0 aliphatic heterocycles. The second kappa shape index (κ2) is 7.89. The molecule has 146 valence electrons.